The molecular formula is C27H23NO5S2. The Morgan fingerprint density at radius 2 is 1.54 bits per heavy atom. The SMILES string of the molecule is COc1ccc(-c2cc3c(s2)C(=O)N(c2ccc(OS(=O)(=O)c4ccc(C)cc4)cc2)CC3)cc1. The monoisotopic (exact) mass is 505 g/mol. The Morgan fingerprint density at radius 1 is 0.886 bits per heavy atom. The molecule has 1 aromatic heterocycles. The molecule has 0 aliphatic carbocycles. The van der Waals surface area contributed by atoms with Crippen LogP contribution in [0.3, 0.4) is 0 Å². The van der Waals surface area contributed by atoms with Crippen LogP contribution in [0.1, 0.15) is 20.8 Å². The molecule has 0 saturated heterocycles. The first kappa shape index (κ1) is 23.1. The fourth-order valence-electron chi connectivity index (χ4n) is 3.96. The summed E-state index contributed by atoms with van der Waals surface area (Å²) in [5.74, 6) is 0.922. The number of anilines is 1. The Hall–Kier alpha value is -3.62. The van der Waals surface area contributed by atoms with E-state index in [1.54, 1.807) is 48.4 Å². The molecule has 8 heteroatoms. The number of fused-ring (bicyclic) bond motifs is 1. The highest BCUT2D eigenvalue weighted by Gasteiger charge is 2.28. The maximum Gasteiger partial charge on any atom is 0.339 e. The van der Waals surface area contributed by atoms with Crippen molar-refractivity contribution in [2.45, 2.75) is 18.2 Å². The molecule has 6 nitrogen and oxygen atoms in total. The van der Waals surface area contributed by atoms with Crippen LogP contribution in [0.25, 0.3) is 10.4 Å². The van der Waals surface area contributed by atoms with Crippen LogP contribution in [0.2, 0.25) is 0 Å². The van der Waals surface area contributed by atoms with Crippen molar-refractivity contribution in [2.24, 2.45) is 0 Å². The molecule has 1 aliphatic heterocycles. The first-order chi connectivity index (χ1) is 16.8. The van der Waals surface area contributed by atoms with Crippen molar-refractivity contribution in [3.8, 4) is 21.9 Å². The molecule has 0 N–H and O–H groups in total. The lowest BCUT2D eigenvalue weighted by atomic mass is 10.1. The van der Waals surface area contributed by atoms with Gasteiger partial charge in [0.2, 0.25) is 0 Å². The minimum Gasteiger partial charge on any atom is -0.497 e. The lowest BCUT2D eigenvalue weighted by Crippen LogP contribution is -2.36. The fourth-order valence-corrected chi connectivity index (χ4v) is 6.05. The number of hydrogen-bond donors (Lipinski definition) is 0. The van der Waals surface area contributed by atoms with Crippen molar-refractivity contribution in [2.75, 3.05) is 18.6 Å². The lowest BCUT2D eigenvalue weighted by Gasteiger charge is -2.26. The van der Waals surface area contributed by atoms with Gasteiger partial charge < -0.3 is 13.8 Å². The molecule has 0 unspecified atom stereocenters. The van der Waals surface area contributed by atoms with E-state index in [1.807, 2.05) is 31.2 Å². The van der Waals surface area contributed by atoms with Gasteiger partial charge in [0, 0.05) is 17.1 Å². The number of thiophene rings is 1. The summed E-state index contributed by atoms with van der Waals surface area (Å²) < 4.78 is 35.6. The van der Waals surface area contributed by atoms with Crippen LogP contribution < -0.4 is 13.8 Å². The van der Waals surface area contributed by atoms with Crippen LogP contribution in [0.15, 0.2) is 83.8 Å². The van der Waals surface area contributed by atoms with E-state index < -0.39 is 10.1 Å². The number of carbonyl (C=O) groups is 1. The molecule has 0 bridgehead atoms. The molecule has 2 heterocycles. The summed E-state index contributed by atoms with van der Waals surface area (Å²) in [6.07, 6.45) is 0.744. The molecule has 35 heavy (non-hydrogen) atoms. The van der Waals surface area contributed by atoms with E-state index in [2.05, 4.69) is 6.07 Å². The molecular weight excluding hydrogens is 482 g/mol. The normalized spacial score (nSPS) is 13.4. The molecule has 5 rings (SSSR count). The highest BCUT2D eigenvalue weighted by Crippen LogP contribution is 2.37. The summed E-state index contributed by atoms with van der Waals surface area (Å²) in [5.41, 5.74) is 3.75. The highest BCUT2D eigenvalue weighted by atomic mass is 32.2. The number of ether oxygens (including phenoxy) is 1. The van der Waals surface area contributed by atoms with E-state index in [-0.39, 0.29) is 16.6 Å². The third-order valence-electron chi connectivity index (χ3n) is 5.89. The number of nitrogens with zero attached hydrogens (tertiary/aromatic N) is 1. The Balaban J connectivity index is 1.33. The van der Waals surface area contributed by atoms with Gasteiger partial charge in [-0.1, -0.05) is 17.7 Å². The van der Waals surface area contributed by atoms with Gasteiger partial charge in [0.25, 0.3) is 5.91 Å². The number of rotatable bonds is 6. The van der Waals surface area contributed by atoms with E-state index in [1.165, 1.54) is 23.5 Å². The molecule has 0 spiro atoms. The second kappa shape index (κ2) is 9.20. The van der Waals surface area contributed by atoms with Crippen LogP contribution in [-0.2, 0) is 16.5 Å². The van der Waals surface area contributed by atoms with E-state index in [9.17, 15) is 13.2 Å². The van der Waals surface area contributed by atoms with Crippen LogP contribution >= 0.6 is 11.3 Å². The van der Waals surface area contributed by atoms with Gasteiger partial charge >= 0.3 is 10.1 Å². The third kappa shape index (κ3) is 4.67. The highest BCUT2D eigenvalue weighted by molar-refractivity contribution is 7.87. The molecule has 0 fully saturated rings. The van der Waals surface area contributed by atoms with Crippen molar-refractivity contribution < 1.29 is 22.1 Å². The molecule has 1 amide bonds. The second-order valence-corrected chi connectivity index (χ2v) is 10.8. The van der Waals surface area contributed by atoms with Gasteiger partial charge in [-0.2, -0.15) is 8.42 Å². The van der Waals surface area contributed by atoms with Crippen LogP contribution in [0, 0.1) is 6.92 Å². The van der Waals surface area contributed by atoms with Gasteiger partial charge in [-0.3, -0.25) is 4.79 Å². The van der Waals surface area contributed by atoms with Gasteiger partial charge in [-0.05, 0) is 91.2 Å². The zero-order chi connectivity index (χ0) is 24.6. The number of aryl methyl sites for hydroxylation is 1. The average Bonchev–Trinajstić information content (AvgIpc) is 3.30. The summed E-state index contributed by atoms with van der Waals surface area (Å²) in [6.45, 7) is 2.43. The van der Waals surface area contributed by atoms with E-state index >= 15 is 0 Å². The Kier molecular flexibility index (Phi) is 6.08. The maximum atomic E-state index is 13.3. The van der Waals surface area contributed by atoms with Crippen molar-refractivity contribution >= 4 is 33.0 Å². The molecule has 0 radical (unpaired) electrons. The first-order valence-electron chi connectivity index (χ1n) is 11.0. The Bertz CT molecular complexity index is 1470. The molecule has 0 saturated carbocycles. The standard InChI is InChI=1S/C27H23NO5S2/c1-18-3-13-24(14-4-18)35(30,31)33-23-11-7-21(8-12-23)28-16-15-20-17-25(34-26(20)27(28)29)19-5-9-22(32-2)10-6-19/h3-14,17H,15-16H2,1-2H3. The summed E-state index contributed by atoms with van der Waals surface area (Å²) >= 11 is 1.48. The zero-order valence-electron chi connectivity index (χ0n) is 19.2. The van der Waals surface area contributed by atoms with Crippen molar-refractivity contribution in [1.29, 1.82) is 0 Å². The van der Waals surface area contributed by atoms with E-state index in [4.69, 9.17) is 8.92 Å². The largest absolute Gasteiger partial charge is 0.497 e. The van der Waals surface area contributed by atoms with Crippen molar-refractivity contribution in [3.05, 3.63) is 94.9 Å². The number of hydrogen-bond acceptors (Lipinski definition) is 6. The summed E-state index contributed by atoms with van der Waals surface area (Å²) in [7, 11) is -2.30. The number of benzene rings is 3. The van der Waals surface area contributed by atoms with Gasteiger partial charge in [-0.15, -0.1) is 11.3 Å². The van der Waals surface area contributed by atoms with E-state index in [0.29, 0.717) is 12.2 Å². The molecule has 0 atom stereocenters. The van der Waals surface area contributed by atoms with Crippen LogP contribution in [-0.4, -0.2) is 28.0 Å². The summed E-state index contributed by atoms with van der Waals surface area (Å²) in [6, 6.07) is 22.9. The predicted molar refractivity (Wildman–Crippen MR) is 137 cm³/mol. The number of methoxy groups -OCH3 is 1. The topological polar surface area (TPSA) is 72.9 Å². The second-order valence-electron chi connectivity index (χ2n) is 8.24. The van der Waals surface area contributed by atoms with Gasteiger partial charge in [0.15, 0.2) is 0 Å². The smallest absolute Gasteiger partial charge is 0.339 e. The predicted octanol–water partition coefficient (Wildman–Crippen LogP) is 5.70. The average molecular weight is 506 g/mol. The minimum atomic E-state index is -3.93. The van der Waals surface area contributed by atoms with Gasteiger partial charge in [0.05, 0.1) is 12.0 Å². The fraction of sp³-hybridized carbons (Fsp3) is 0.148. The van der Waals surface area contributed by atoms with E-state index in [0.717, 1.165) is 38.6 Å². The number of carbonyl (C=O) groups excluding carboxylic acids is 1. The van der Waals surface area contributed by atoms with Crippen LogP contribution in [0.5, 0.6) is 11.5 Å². The van der Waals surface area contributed by atoms with Crippen LogP contribution in [0.4, 0.5) is 5.69 Å². The van der Waals surface area contributed by atoms with Gasteiger partial charge in [-0.25, -0.2) is 0 Å². The van der Waals surface area contributed by atoms with Crippen molar-refractivity contribution in [1.82, 2.24) is 0 Å². The zero-order valence-corrected chi connectivity index (χ0v) is 20.9. The summed E-state index contributed by atoms with van der Waals surface area (Å²) in [5, 5.41) is 0. The lowest BCUT2D eigenvalue weighted by molar-refractivity contribution is 0.0985. The minimum absolute atomic E-state index is 0.0584. The maximum absolute atomic E-state index is 13.3. The van der Waals surface area contributed by atoms with Crippen molar-refractivity contribution in [3.63, 3.8) is 0 Å². The summed E-state index contributed by atoms with van der Waals surface area (Å²) in [4.78, 5) is 16.9. The number of amides is 1. The molecule has 4 aromatic rings. The quantitative estimate of drug-likeness (QED) is 0.314. The molecule has 3 aromatic carbocycles. The Morgan fingerprint density at radius 3 is 2.20 bits per heavy atom. The van der Waals surface area contributed by atoms with Gasteiger partial charge in [0.1, 0.15) is 16.4 Å². The molecule has 1 aliphatic rings. The molecule has 178 valence electrons. The third-order valence-corrected chi connectivity index (χ3v) is 8.37. The Labute approximate surface area is 208 Å². The first-order valence-corrected chi connectivity index (χ1v) is 13.3.